The van der Waals surface area contributed by atoms with Crippen molar-refractivity contribution in [2.75, 3.05) is 17.2 Å². The largest absolute Gasteiger partial charge is 0.462 e. The first-order valence-corrected chi connectivity index (χ1v) is 9.21. The van der Waals surface area contributed by atoms with Crippen molar-refractivity contribution >= 4 is 29.2 Å². The van der Waals surface area contributed by atoms with Gasteiger partial charge in [0.05, 0.1) is 17.7 Å². The van der Waals surface area contributed by atoms with Crippen molar-refractivity contribution in [3.8, 4) is 0 Å². The maximum Gasteiger partial charge on any atom is 0.338 e. The maximum atomic E-state index is 12.4. The highest BCUT2D eigenvalue weighted by Crippen LogP contribution is 2.21. The van der Waals surface area contributed by atoms with E-state index >= 15 is 0 Å². The highest BCUT2D eigenvalue weighted by atomic mass is 16.5. The first kappa shape index (κ1) is 20.0. The molecule has 0 radical (unpaired) electrons. The van der Waals surface area contributed by atoms with Crippen molar-refractivity contribution in [3.05, 3.63) is 77.1 Å². The van der Waals surface area contributed by atoms with Crippen molar-refractivity contribution in [1.29, 1.82) is 0 Å². The lowest BCUT2D eigenvalue weighted by atomic mass is 10.1. The van der Waals surface area contributed by atoms with E-state index in [9.17, 15) is 9.59 Å². The summed E-state index contributed by atoms with van der Waals surface area (Å²) in [6, 6.07) is 12.4. The fourth-order valence-electron chi connectivity index (χ4n) is 2.62. The summed E-state index contributed by atoms with van der Waals surface area (Å²) < 4.78 is 4.94. The number of esters is 1. The van der Waals surface area contributed by atoms with Gasteiger partial charge < -0.3 is 15.4 Å². The molecule has 0 spiro atoms. The van der Waals surface area contributed by atoms with Gasteiger partial charge in [-0.05, 0) is 62.2 Å². The van der Waals surface area contributed by atoms with E-state index in [1.165, 1.54) is 18.0 Å². The average molecular weight is 390 g/mol. The summed E-state index contributed by atoms with van der Waals surface area (Å²) in [6.45, 7) is 6.11. The summed E-state index contributed by atoms with van der Waals surface area (Å²) in [5.41, 5.74) is 4.51. The number of carbonyl (C=O) groups is 2. The van der Waals surface area contributed by atoms with Crippen molar-refractivity contribution < 1.29 is 14.3 Å². The van der Waals surface area contributed by atoms with Gasteiger partial charge in [0.25, 0.3) is 5.91 Å². The van der Waals surface area contributed by atoms with Crippen LogP contribution < -0.4 is 10.6 Å². The van der Waals surface area contributed by atoms with Gasteiger partial charge in [0, 0.05) is 23.8 Å². The summed E-state index contributed by atoms with van der Waals surface area (Å²) in [6.07, 6.45) is 2.92. The van der Waals surface area contributed by atoms with E-state index in [-0.39, 0.29) is 5.91 Å². The lowest BCUT2D eigenvalue weighted by Crippen LogP contribution is -2.13. The van der Waals surface area contributed by atoms with E-state index in [2.05, 4.69) is 20.6 Å². The summed E-state index contributed by atoms with van der Waals surface area (Å²) in [4.78, 5) is 32.5. The number of aromatic nitrogens is 2. The molecule has 7 nitrogen and oxygen atoms in total. The zero-order chi connectivity index (χ0) is 20.8. The van der Waals surface area contributed by atoms with Gasteiger partial charge in [-0.15, -0.1) is 0 Å². The topological polar surface area (TPSA) is 93.2 Å². The molecule has 29 heavy (non-hydrogen) atoms. The molecule has 3 aromatic rings. The van der Waals surface area contributed by atoms with Crippen LogP contribution in [0.2, 0.25) is 0 Å². The Morgan fingerprint density at radius 3 is 2.31 bits per heavy atom. The SMILES string of the molecule is CCOC(=O)c1ccc(NC(=O)c2cnc(Nc3cccc(C)c3C)nc2)cc1. The molecular weight excluding hydrogens is 368 g/mol. The smallest absolute Gasteiger partial charge is 0.338 e. The summed E-state index contributed by atoms with van der Waals surface area (Å²) in [7, 11) is 0. The Morgan fingerprint density at radius 2 is 1.66 bits per heavy atom. The minimum atomic E-state index is -0.397. The number of carbonyl (C=O) groups excluding carboxylic acids is 2. The third kappa shape index (κ3) is 4.95. The van der Waals surface area contributed by atoms with Crippen LogP contribution in [0.25, 0.3) is 0 Å². The molecule has 0 unspecified atom stereocenters. The van der Waals surface area contributed by atoms with Crippen LogP contribution in [-0.4, -0.2) is 28.5 Å². The Labute approximate surface area is 169 Å². The normalized spacial score (nSPS) is 10.3. The first-order valence-electron chi connectivity index (χ1n) is 9.21. The van der Waals surface area contributed by atoms with Gasteiger partial charge in [-0.1, -0.05) is 12.1 Å². The van der Waals surface area contributed by atoms with Gasteiger partial charge in [0.15, 0.2) is 0 Å². The highest BCUT2D eigenvalue weighted by Gasteiger charge is 2.10. The van der Waals surface area contributed by atoms with Crippen molar-refractivity contribution in [1.82, 2.24) is 9.97 Å². The molecule has 148 valence electrons. The minimum Gasteiger partial charge on any atom is -0.462 e. The quantitative estimate of drug-likeness (QED) is 0.611. The Kier molecular flexibility index (Phi) is 6.19. The van der Waals surface area contributed by atoms with Gasteiger partial charge in [-0.3, -0.25) is 4.79 Å². The Balaban J connectivity index is 1.64. The van der Waals surface area contributed by atoms with E-state index in [0.29, 0.717) is 29.4 Å². The molecule has 3 rings (SSSR count). The molecular formula is C22H22N4O3. The molecule has 0 fully saturated rings. The first-order chi connectivity index (χ1) is 14.0. The third-order valence-electron chi connectivity index (χ3n) is 4.42. The molecule has 1 amide bonds. The van der Waals surface area contributed by atoms with E-state index < -0.39 is 5.97 Å². The van der Waals surface area contributed by atoms with Crippen LogP contribution in [0, 0.1) is 13.8 Å². The number of rotatable bonds is 6. The van der Waals surface area contributed by atoms with Gasteiger partial charge in [0.1, 0.15) is 0 Å². The highest BCUT2D eigenvalue weighted by molar-refractivity contribution is 6.04. The molecule has 2 aromatic carbocycles. The molecule has 1 aromatic heterocycles. The Hall–Kier alpha value is -3.74. The molecule has 0 bridgehead atoms. The number of anilines is 3. The molecule has 7 heteroatoms. The molecule has 0 aliphatic carbocycles. The van der Waals surface area contributed by atoms with Gasteiger partial charge in [0.2, 0.25) is 5.95 Å². The zero-order valence-electron chi connectivity index (χ0n) is 16.5. The van der Waals surface area contributed by atoms with Crippen LogP contribution in [0.1, 0.15) is 38.8 Å². The van der Waals surface area contributed by atoms with E-state index in [1.807, 2.05) is 32.0 Å². The number of ether oxygens (including phenoxy) is 1. The van der Waals surface area contributed by atoms with E-state index in [4.69, 9.17) is 4.74 Å². The molecule has 0 aliphatic heterocycles. The third-order valence-corrected chi connectivity index (χ3v) is 4.42. The predicted molar refractivity (Wildman–Crippen MR) is 112 cm³/mol. The molecule has 0 aliphatic rings. The number of hydrogen-bond acceptors (Lipinski definition) is 6. The van der Waals surface area contributed by atoms with Crippen LogP contribution in [0.4, 0.5) is 17.3 Å². The van der Waals surface area contributed by atoms with Crippen LogP contribution in [-0.2, 0) is 4.74 Å². The number of aryl methyl sites for hydroxylation is 1. The summed E-state index contributed by atoms with van der Waals surface area (Å²) >= 11 is 0. The Bertz CT molecular complexity index is 1020. The van der Waals surface area contributed by atoms with E-state index in [0.717, 1.165) is 11.3 Å². The fraction of sp³-hybridized carbons (Fsp3) is 0.182. The van der Waals surface area contributed by atoms with Crippen molar-refractivity contribution in [3.63, 3.8) is 0 Å². The van der Waals surface area contributed by atoms with Gasteiger partial charge >= 0.3 is 5.97 Å². The lowest BCUT2D eigenvalue weighted by molar-refractivity contribution is 0.0526. The number of amides is 1. The number of hydrogen-bond donors (Lipinski definition) is 2. The van der Waals surface area contributed by atoms with Gasteiger partial charge in [-0.25, -0.2) is 14.8 Å². The molecule has 0 saturated heterocycles. The Morgan fingerprint density at radius 1 is 0.966 bits per heavy atom. The fourth-order valence-corrected chi connectivity index (χ4v) is 2.62. The average Bonchev–Trinajstić information content (AvgIpc) is 2.72. The molecule has 0 saturated carbocycles. The second-order valence-corrected chi connectivity index (χ2v) is 6.42. The maximum absolute atomic E-state index is 12.4. The van der Waals surface area contributed by atoms with Crippen LogP contribution >= 0.6 is 0 Å². The summed E-state index contributed by atoms with van der Waals surface area (Å²) in [5, 5.41) is 5.91. The van der Waals surface area contributed by atoms with Crippen LogP contribution in [0.5, 0.6) is 0 Å². The molecule has 1 heterocycles. The lowest BCUT2D eigenvalue weighted by Gasteiger charge is -2.10. The number of nitrogens with zero attached hydrogens (tertiary/aromatic N) is 2. The predicted octanol–water partition coefficient (Wildman–Crippen LogP) is 4.27. The monoisotopic (exact) mass is 390 g/mol. The summed E-state index contributed by atoms with van der Waals surface area (Å²) in [5.74, 6) is -0.327. The number of benzene rings is 2. The molecule has 2 N–H and O–H groups in total. The van der Waals surface area contributed by atoms with E-state index in [1.54, 1.807) is 31.2 Å². The van der Waals surface area contributed by atoms with Crippen molar-refractivity contribution in [2.24, 2.45) is 0 Å². The minimum absolute atomic E-state index is 0.311. The second-order valence-electron chi connectivity index (χ2n) is 6.42. The van der Waals surface area contributed by atoms with Crippen LogP contribution in [0.15, 0.2) is 54.9 Å². The standard InChI is InChI=1S/C22H22N4O3/c1-4-29-21(28)16-8-10-18(11-9-16)25-20(27)17-12-23-22(24-13-17)26-19-7-5-6-14(2)15(19)3/h5-13H,4H2,1-3H3,(H,25,27)(H,23,24,26). The molecule has 0 atom stereocenters. The number of nitrogens with one attached hydrogen (secondary N) is 2. The van der Waals surface area contributed by atoms with Crippen LogP contribution in [0.3, 0.4) is 0 Å². The van der Waals surface area contributed by atoms with Gasteiger partial charge in [-0.2, -0.15) is 0 Å². The zero-order valence-corrected chi connectivity index (χ0v) is 16.5. The van der Waals surface area contributed by atoms with Crippen molar-refractivity contribution in [2.45, 2.75) is 20.8 Å². The second kappa shape index (κ2) is 8.97.